The molecule has 0 bridgehead atoms. The first-order valence-corrected chi connectivity index (χ1v) is 6.30. The molecule has 0 aromatic heterocycles. The lowest BCUT2D eigenvalue weighted by molar-refractivity contribution is -0.137. The molecule has 0 amide bonds. The van der Waals surface area contributed by atoms with Crippen molar-refractivity contribution in [3.05, 3.63) is 24.3 Å². The van der Waals surface area contributed by atoms with Gasteiger partial charge in [-0.1, -0.05) is 6.07 Å². The molecule has 1 aromatic carbocycles. The minimum Gasteiger partial charge on any atom is -0.494 e. The Hall–Kier alpha value is -1.71. The molecule has 0 saturated carbocycles. The van der Waals surface area contributed by atoms with Crippen LogP contribution >= 0.6 is 0 Å². The number of unbranched alkanes of at least 4 members (excludes halogenated alkanes) is 2. The fraction of sp³-hybridized carbons (Fsp3) is 0.500. The van der Waals surface area contributed by atoms with Crippen LogP contribution in [0.5, 0.6) is 11.5 Å². The maximum atomic E-state index is 10.3. The van der Waals surface area contributed by atoms with Crippen molar-refractivity contribution in [2.24, 2.45) is 0 Å². The van der Waals surface area contributed by atoms with Gasteiger partial charge in [-0.3, -0.25) is 4.79 Å². The van der Waals surface area contributed by atoms with Crippen LogP contribution in [0.3, 0.4) is 0 Å². The summed E-state index contributed by atoms with van der Waals surface area (Å²) in [6, 6.07) is 7.54. The lowest BCUT2D eigenvalue weighted by Gasteiger charge is -2.08. The topological polar surface area (TPSA) is 55.8 Å². The Kier molecular flexibility index (Phi) is 6.69. The van der Waals surface area contributed by atoms with Crippen molar-refractivity contribution in [3.8, 4) is 11.5 Å². The normalized spacial score (nSPS) is 10.1. The first-order chi connectivity index (χ1) is 8.72. The summed E-state index contributed by atoms with van der Waals surface area (Å²) in [5.74, 6) is 0.861. The van der Waals surface area contributed by atoms with Crippen molar-refractivity contribution >= 4 is 5.97 Å². The summed E-state index contributed by atoms with van der Waals surface area (Å²) in [4.78, 5) is 10.3. The molecule has 0 aliphatic rings. The van der Waals surface area contributed by atoms with Crippen LogP contribution in [0.25, 0.3) is 0 Å². The van der Waals surface area contributed by atoms with Crippen LogP contribution < -0.4 is 9.47 Å². The molecule has 1 rings (SSSR count). The van der Waals surface area contributed by atoms with E-state index in [1.54, 1.807) is 0 Å². The highest BCUT2D eigenvalue weighted by Crippen LogP contribution is 2.19. The summed E-state index contributed by atoms with van der Waals surface area (Å²) in [7, 11) is 0. The average Bonchev–Trinajstić information content (AvgIpc) is 2.34. The Morgan fingerprint density at radius 1 is 1.17 bits per heavy atom. The molecule has 0 unspecified atom stereocenters. The van der Waals surface area contributed by atoms with E-state index in [1.165, 1.54) is 0 Å². The molecule has 0 atom stereocenters. The number of aliphatic carboxylic acids is 1. The summed E-state index contributed by atoms with van der Waals surface area (Å²) in [6.45, 7) is 3.18. The number of hydrogen-bond acceptors (Lipinski definition) is 3. The molecule has 0 aliphatic carbocycles. The lowest BCUT2D eigenvalue weighted by Crippen LogP contribution is -1.99. The highest BCUT2D eigenvalue weighted by atomic mass is 16.5. The second-order valence-electron chi connectivity index (χ2n) is 3.96. The molecule has 0 radical (unpaired) electrons. The zero-order valence-corrected chi connectivity index (χ0v) is 10.7. The molecule has 0 saturated heterocycles. The molecule has 0 heterocycles. The third-order valence-electron chi connectivity index (χ3n) is 2.42. The third-order valence-corrected chi connectivity index (χ3v) is 2.42. The van der Waals surface area contributed by atoms with Gasteiger partial charge in [-0.15, -0.1) is 0 Å². The average molecular weight is 252 g/mol. The van der Waals surface area contributed by atoms with Crippen LogP contribution in [0.2, 0.25) is 0 Å². The minimum absolute atomic E-state index is 0.236. The highest BCUT2D eigenvalue weighted by molar-refractivity contribution is 5.66. The summed E-state index contributed by atoms with van der Waals surface area (Å²) in [5, 5.41) is 8.48. The van der Waals surface area contributed by atoms with Crippen molar-refractivity contribution in [1.29, 1.82) is 0 Å². The van der Waals surface area contributed by atoms with E-state index in [-0.39, 0.29) is 6.42 Å². The standard InChI is InChI=1S/C14H20O4/c1-2-17-12-7-6-8-13(11-12)18-10-5-3-4-9-14(15)16/h6-8,11H,2-5,9-10H2,1H3,(H,15,16). The number of carboxylic acid groups (broad SMARTS) is 1. The van der Waals surface area contributed by atoms with Gasteiger partial charge in [-0.25, -0.2) is 0 Å². The SMILES string of the molecule is CCOc1cccc(OCCCCCC(=O)O)c1. The molecule has 0 fully saturated rings. The van der Waals surface area contributed by atoms with Crippen LogP contribution in [-0.2, 0) is 4.79 Å². The molecule has 100 valence electrons. The Balaban J connectivity index is 2.18. The van der Waals surface area contributed by atoms with Crippen LogP contribution in [0.1, 0.15) is 32.6 Å². The first-order valence-electron chi connectivity index (χ1n) is 6.30. The number of benzene rings is 1. The van der Waals surface area contributed by atoms with Crippen molar-refractivity contribution in [2.45, 2.75) is 32.6 Å². The molecule has 4 nitrogen and oxygen atoms in total. The highest BCUT2D eigenvalue weighted by Gasteiger charge is 1.99. The Morgan fingerprint density at radius 3 is 2.56 bits per heavy atom. The van der Waals surface area contributed by atoms with Crippen molar-refractivity contribution in [1.82, 2.24) is 0 Å². The number of hydrogen-bond donors (Lipinski definition) is 1. The lowest BCUT2D eigenvalue weighted by atomic mass is 10.2. The Morgan fingerprint density at radius 2 is 1.89 bits per heavy atom. The first kappa shape index (κ1) is 14.4. The van der Waals surface area contributed by atoms with Gasteiger partial charge < -0.3 is 14.6 Å². The molecule has 0 aliphatic heterocycles. The van der Waals surface area contributed by atoms with Gasteiger partial charge in [-0.2, -0.15) is 0 Å². The van der Waals surface area contributed by atoms with Crippen LogP contribution in [0, 0.1) is 0 Å². The second kappa shape index (κ2) is 8.39. The van der Waals surface area contributed by atoms with E-state index in [2.05, 4.69) is 0 Å². The van der Waals surface area contributed by atoms with Gasteiger partial charge in [0.1, 0.15) is 11.5 Å². The van der Waals surface area contributed by atoms with E-state index in [1.807, 2.05) is 31.2 Å². The number of ether oxygens (including phenoxy) is 2. The predicted octanol–water partition coefficient (Wildman–Crippen LogP) is 3.11. The van der Waals surface area contributed by atoms with E-state index >= 15 is 0 Å². The predicted molar refractivity (Wildman–Crippen MR) is 69.2 cm³/mol. The summed E-state index contributed by atoms with van der Waals surface area (Å²) >= 11 is 0. The summed E-state index contributed by atoms with van der Waals surface area (Å²) in [6.07, 6.45) is 2.68. The third kappa shape index (κ3) is 6.13. The zero-order chi connectivity index (χ0) is 13.2. The zero-order valence-electron chi connectivity index (χ0n) is 10.7. The summed E-state index contributed by atoms with van der Waals surface area (Å²) < 4.78 is 10.9. The monoisotopic (exact) mass is 252 g/mol. The van der Waals surface area contributed by atoms with E-state index in [9.17, 15) is 4.79 Å². The van der Waals surface area contributed by atoms with E-state index in [4.69, 9.17) is 14.6 Å². The van der Waals surface area contributed by atoms with Crippen LogP contribution in [0.15, 0.2) is 24.3 Å². The molecular formula is C14H20O4. The number of carboxylic acids is 1. The van der Waals surface area contributed by atoms with Gasteiger partial charge in [0.05, 0.1) is 13.2 Å². The van der Waals surface area contributed by atoms with Gasteiger partial charge in [0.25, 0.3) is 0 Å². The van der Waals surface area contributed by atoms with Crippen molar-refractivity contribution < 1.29 is 19.4 Å². The van der Waals surface area contributed by atoms with Gasteiger partial charge in [0.15, 0.2) is 0 Å². The fourth-order valence-corrected chi connectivity index (χ4v) is 1.57. The quantitative estimate of drug-likeness (QED) is 0.686. The largest absolute Gasteiger partial charge is 0.494 e. The van der Waals surface area contributed by atoms with Gasteiger partial charge >= 0.3 is 5.97 Å². The molecule has 0 spiro atoms. The molecule has 18 heavy (non-hydrogen) atoms. The van der Waals surface area contributed by atoms with E-state index in [0.717, 1.165) is 24.3 Å². The van der Waals surface area contributed by atoms with Crippen molar-refractivity contribution in [3.63, 3.8) is 0 Å². The van der Waals surface area contributed by atoms with Gasteiger partial charge in [0, 0.05) is 12.5 Å². The van der Waals surface area contributed by atoms with E-state index in [0.29, 0.717) is 19.6 Å². The molecule has 4 heteroatoms. The molecule has 1 N–H and O–H groups in total. The van der Waals surface area contributed by atoms with Crippen LogP contribution in [0.4, 0.5) is 0 Å². The fourth-order valence-electron chi connectivity index (χ4n) is 1.57. The molecular weight excluding hydrogens is 232 g/mol. The number of rotatable bonds is 9. The second-order valence-corrected chi connectivity index (χ2v) is 3.96. The van der Waals surface area contributed by atoms with Crippen molar-refractivity contribution in [2.75, 3.05) is 13.2 Å². The van der Waals surface area contributed by atoms with Gasteiger partial charge in [-0.05, 0) is 38.3 Å². The Labute approximate surface area is 108 Å². The van der Waals surface area contributed by atoms with Crippen LogP contribution in [-0.4, -0.2) is 24.3 Å². The maximum Gasteiger partial charge on any atom is 0.303 e. The van der Waals surface area contributed by atoms with E-state index < -0.39 is 5.97 Å². The Bertz CT molecular complexity index is 363. The minimum atomic E-state index is -0.736. The smallest absolute Gasteiger partial charge is 0.303 e. The summed E-state index contributed by atoms with van der Waals surface area (Å²) in [5.41, 5.74) is 0. The maximum absolute atomic E-state index is 10.3. The molecule has 1 aromatic rings. The number of carbonyl (C=O) groups is 1. The van der Waals surface area contributed by atoms with Gasteiger partial charge in [0.2, 0.25) is 0 Å².